The third kappa shape index (κ3) is 9.55. The number of ether oxygens (including phenoxy) is 2. The molecule has 0 N–H and O–H groups in total. The molecule has 0 spiro atoms. The average Bonchev–Trinajstić information content (AvgIpc) is 2.70. The summed E-state index contributed by atoms with van der Waals surface area (Å²) in [4.78, 5) is 29.5. The molecule has 37 heavy (non-hydrogen) atoms. The molecule has 5 heteroatoms. The highest BCUT2D eigenvalue weighted by Crippen LogP contribution is 2.61. The smallest absolute Gasteiger partial charge is 0.312 e. The van der Waals surface area contributed by atoms with Crippen molar-refractivity contribution in [3.8, 4) is 0 Å². The lowest BCUT2D eigenvalue weighted by atomic mass is 9.47. The lowest BCUT2D eigenvalue weighted by Crippen LogP contribution is -2.56. The molecular weight excluding hydrogens is 462 g/mol. The van der Waals surface area contributed by atoms with Gasteiger partial charge >= 0.3 is 11.9 Å². The van der Waals surface area contributed by atoms with Gasteiger partial charge in [-0.25, -0.2) is 0 Å². The van der Waals surface area contributed by atoms with Crippen molar-refractivity contribution in [2.75, 3.05) is 33.9 Å². The highest BCUT2D eigenvalue weighted by molar-refractivity contribution is 5.79. The standard InChI is InChI=1S/C32H63NO4/c1-16-17-18-19-21-36-26(35)32(13,23-27(2,3)4)30(10,11)29(8,9)24-31(12,28(5,6)7)25(34)37-22-20-33(14)15/h16-24H2,1-15H3. The Morgan fingerprint density at radius 2 is 1.14 bits per heavy atom. The second-order valence-electron chi connectivity index (χ2n) is 15.5. The molecule has 0 aromatic carbocycles. The van der Waals surface area contributed by atoms with Gasteiger partial charge in [0, 0.05) is 6.54 Å². The van der Waals surface area contributed by atoms with E-state index < -0.39 is 16.2 Å². The third-order valence-electron chi connectivity index (χ3n) is 9.31. The molecule has 0 aromatic heterocycles. The maximum absolute atomic E-state index is 13.9. The molecule has 0 saturated heterocycles. The molecule has 0 rings (SSSR count). The number of nitrogens with zero attached hydrogens (tertiary/aromatic N) is 1. The lowest BCUT2D eigenvalue weighted by Gasteiger charge is -2.56. The first-order chi connectivity index (χ1) is 16.5. The zero-order valence-electron chi connectivity index (χ0n) is 27.4. The molecule has 0 heterocycles. The van der Waals surface area contributed by atoms with Crippen LogP contribution in [0.1, 0.15) is 129 Å². The Morgan fingerprint density at radius 3 is 1.57 bits per heavy atom. The van der Waals surface area contributed by atoms with Crippen molar-refractivity contribution in [3.63, 3.8) is 0 Å². The molecule has 2 atom stereocenters. The summed E-state index contributed by atoms with van der Waals surface area (Å²) in [5, 5.41) is 0. The first-order valence-electron chi connectivity index (χ1n) is 14.5. The van der Waals surface area contributed by atoms with Gasteiger partial charge in [0.15, 0.2) is 0 Å². The highest BCUT2D eigenvalue weighted by Gasteiger charge is 2.60. The minimum atomic E-state index is -0.729. The van der Waals surface area contributed by atoms with Gasteiger partial charge in [-0.2, -0.15) is 0 Å². The SMILES string of the molecule is CCCCCCOC(=O)C(C)(CC(C)(C)C)C(C)(C)C(C)(C)CC(C)(C(=O)OCCN(C)C)C(C)(C)C. The Balaban J connectivity index is 6.27. The molecular formula is C32H63NO4. The Hall–Kier alpha value is -1.10. The van der Waals surface area contributed by atoms with Gasteiger partial charge in [-0.1, -0.05) is 95.4 Å². The van der Waals surface area contributed by atoms with Crippen LogP contribution in [0.4, 0.5) is 0 Å². The molecule has 0 amide bonds. The number of hydrogen-bond donors (Lipinski definition) is 0. The van der Waals surface area contributed by atoms with Crippen LogP contribution in [0, 0.1) is 32.5 Å². The molecule has 2 unspecified atom stereocenters. The zero-order chi connectivity index (χ0) is 29.5. The number of esters is 2. The number of rotatable bonds is 15. The largest absolute Gasteiger partial charge is 0.465 e. The Kier molecular flexibility index (Phi) is 12.9. The number of likely N-dealkylation sites (N-methyl/N-ethyl adjacent to an activating group) is 1. The number of hydrogen-bond acceptors (Lipinski definition) is 5. The van der Waals surface area contributed by atoms with Gasteiger partial charge in [-0.3, -0.25) is 9.59 Å². The highest BCUT2D eigenvalue weighted by atomic mass is 16.5. The topological polar surface area (TPSA) is 55.8 Å². The van der Waals surface area contributed by atoms with Gasteiger partial charge < -0.3 is 14.4 Å². The van der Waals surface area contributed by atoms with E-state index in [2.05, 4.69) is 83.1 Å². The van der Waals surface area contributed by atoms with Crippen molar-refractivity contribution in [2.45, 2.75) is 129 Å². The van der Waals surface area contributed by atoms with E-state index in [0.29, 0.717) is 32.6 Å². The fourth-order valence-electron chi connectivity index (χ4n) is 5.44. The molecule has 0 fully saturated rings. The molecule has 0 saturated carbocycles. The molecule has 0 aliphatic rings. The minimum absolute atomic E-state index is 0.0677. The van der Waals surface area contributed by atoms with Crippen LogP contribution in [0.2, 0.25) is 0 Å². The van der Waals surface area contributed by atoms with E-state index in [4.69, 9.17) is 9.47 Å². The molecule has 0 aliphatic heterocycles. The average molecular weight is 526 g/mol. The fraction of sp³-hybridized carbons (Fsp3) is 0.938. The van der Waals surface area contributed by atoms with Crippen LogP contribution in [0.25, 0.3) is 0 Å². The van der Waals surface area contributed by atoms with Gasteiger partial charge in [-0.15, -0.1) is 0 Å². The van der Waals surface area contributed by atoms with Gasteiger partial charge in [0.1, 0.15) is 6.61 Å². The van der Waals surface area contributed by atoms with E-state index >= 15 is 0 Å². The van der Waals surface area contributed by atoms with E-state index in [-0.39, 0.29) is 28.2 Å². The summed E-state index contributed by atoms with van der Waals surface area (Å²) in [6, 6.07) is 0. The van der Waals surface area contributed by atoms with Gasteiger partial charge in [0.2, 0.25) is 0 Å². The van der Waals surface area contributed by atoms with Crippen molar-refractivity contribution < 1.29 is 19.1 Å². The Morgan fingerprint density at radius 1 is 0.649 bits per heavy atom. The van der Waals surface area contributed by atoms with Crippen LogP contribution in [0.5, 0.6) is 0 Å². The Labute approximate surface area is 230 Å². The van der Waals surface area contributed by atoms with Crippen LogP contribution < -0.4 is 0 Å². The second kappa shape index (κ2) is 13.3. The summed E-state index contributed by atoms with van der Waals surface area (Å²) in [7, 11) is 3.95. The maximum Gasteiger partial charge on any atom is 0.312 e. The minimum Gasteiger partial charge on any atom is -0.465 e. The molecule has 0 aliphatic carbocycles. The number of unbranched alkanes of at least 4 members (excludes halogenated alkanes) is 3. The monoisotopic (exact) mass is 525 g/mol. The molecule has 0 bridgehead atoms. The molecule has 220 valence electrons. The van der Waals surface area contributed by atoms with E-state index in [1.54, 1.807) is 0 Å². The van der Waals surface area contributed by atoms with Crippen molar-refractivity contribution in [1.82, 2.24) is 4.90 Å². The van der Waals surface area contributed by atoms with Crippen LogP contribution in [-0.2, 0) is 19.1 Å². The van der Waals surface area contributed by atoms with Crippen molar-refractivity contribution in [1.29, 1.82) is 0 Å². The predicted molar refractivity (Wildman–Crippen MR) is 157 cm³/mol. The first-order valence-corrected chi connectivity index (χ1v) is 14.5. The van der Waals surface area contributed by atoms with Crippen LogP contribution in [0.15, 0.2) is 0 Å². The third-order valence-corrected chi connectivity index (χ3v) is 9.31. The van der Waals surface area contributed by atoms with Gasteiger partial charge in [0.25, 0.3) is 0 Å². The predicted octanol–water partition coefficient (Wildman–Crippen LogP) is 8.15. The van der Waals surface area contributed by atoms with Crippen LogP contribution >= 0.6 is 0 Å². The quantitative estimate of drug-likeness (QED) is 0.159. The van der Waals surface area contributed by atoms with Gasteiger partial charge in [-0.05, 0) is 68.9 Å². The van der Waals surface area contributed by atoms with E-state index in [0.717, 1.165) is 25.7 Å². The van der Waals surface area contributed by atoms with Crippen LogP contribution in [-0.4, -0.2) is 50.7 Å². The number of carbonyl (C=O) groups is 2. The summed E-state index contributed by atoms with van der Waals surface area (Å²) < 4.78 is 11.8. The summed E-state index contributed by atoms with van der Waals surface area (Å²) >= 11 is 0. The first kappa shape index (κ1) is 35.9. The Bertz CT molecular complexity index is 726. The zero-order valence-corrected chi connectivity index (χ0v) is 27.4. The van der Waals surface area contributed by atoms with Gasteiger partial charge in [0.05, 0.1) is 17.4 Å². The molecule has 5 nitrogen and oxygen atoms in total. The fourth-order valence-corrected chi connectivity index (χ4v) is 5.44. The lowest BCUT2D eigenvalue weighted by molar-refractivity contribution is -0.181. The second-order valence-corrected chi connectivity index (χ2v) is 15.5. The summed E-state index contributed by atoms with van der Waals surface area (Å²) in [6.45, 7) is 29.5. The maximum atomic E-state index is 13.9. The van der Waals surface area contributed by atoms with Crippen molar-refractivity contribution >= 4 is 11.9 Å². The molecule has 0 aromatic rings. The van der Waals surface area contributed by atoms with Crippen molar-refractivity contribution in [3.05, 3.63) is 0 Å². The normalized spacial score (nSPS) is 16.8. The van der Waals surface area contributed by atoms with E-state index in [1.807, 2.05) is 25.9 Å². The van der Waals surface area contributed by atoms with E-state index in [9.17, 15) is 9.59 Å². The summed E-state index contributed by atoms with van der Waals surface area (Å²) in [5.41, 5.74) is -2.70. The molecule has 0 radical (unpaired) electrons. The van der Waals surface area contributed by atoms with Crippen molar-refractivity contribution in [2.24, 2.45) is 32.5 Å². The van der Waals surface area contributed by atoms with E-state index in [1.165, 1.54) is 0 Å². The summed E-state index contributed by atoms with van der Waals surface area (Å²) in [5.74, 6) is -0.287. The summed E-state index contributed by atoms with van der Waals surface area (Å²) in [6.07, 6.45) is 5.58. The van der Waals surface area contributed by atoms with Crippen LogP contribution in [0.3, 0.4) is 0 Å². The number of carbonyl (C=O) groups excluding carboxylic acids is 2.